The molecular weight excluding hydrogens is 332 g/mol. The van der Waals surface area contributed by atoms with Gasteiger partial charge < -0.3 is 10.2 Å². The van der Waals surface area contributed by atoms with Gasteiger partial charge in [0, 0.05) is 39.2 Å². The number of rotatable bonds is 4. The predicted molar refractivity (Wildman–Crippen MR) is 91.9 cm³/mol. The van der Waals surface area contributed by atoms with Crippen molar-refractivity contribution < 1.29 is 0 Å². The minimum atomic E-state index is 0.333. The van der Waals surface area contributed by atoms with E-state index in [4.69, 9.17) is 0 Å². The van der Waals surface area contributed by atoms with Crippen LogP contribution < -0.4 is 10.2 Å². The van der Waals surface area contributed by atoms with Crippen LogP contribution in [0.25, 0.3) is 0 Å². The SMILES string of the molecule is CC(Nc1cccc(N2CCCC2)c1)c1cc(Br)cs1. The van der Waals surface area contributed by atoms with Gasteiger partial charge >= 0.3 is 0 Å². The Morgan fingerprint density at radius 3 is 2.75 bits per heavy atom. The average Bonchev–Trinajstić information content (AvgIpc) is 3.10. The van der Waals surface area contributed by atoms with Crippen molar-refractivity contribution in [2.45, 2.75) is 25.8 Å². The summed E-state index contributed by atoms with van der Waals surface area (Å²) in [5.41, 5.74) is 2.54. The highest BCUT2D eigenvalue weighted by Crippen LogP contribution is 2.29. The molecule has 1 aliphatic rings. The third-order valence-corrected chi connectivity index (χ3v) is 5.59. The Kier molecular flexibility index (Phi) is 4.32. The van der Waals surface area contributed by atoms with Crippen LogP contribution in [0.4, 0.5) is 11.4 Å². The van der Waals surface area contributed by atoms with E-state index in [2.05, 4.69) is 68.8 Å². The van der Waals surface area contributed by atoms with Crippen molar-refractivity contribution in [3.63, 3.8) is 0 Å². The number of hydrogen-bond donors (Lipinski definition) is 1. The molecule has 1 unspecified atom stereocenters. The molecule has 0 aliphatic carbocycles. The first-order valence-corrected chi connectivity index (χ1v) is 8.75. The van der Waals surface area contributed by atoms with Gasteiger partial charge in [-0.3, -0.25) is 0 Å². The number of nitrogens with zero attached hydrogens (tertiary/aromatic N) is 1. The van der Waals surface area contributed by atoms with Crippen LogP contribution in [-0.4, -0.2) is 13.1 Å². The topological polar surface area (TPSA) is 15.3 Å². The van der Waals surface area contributed by atoms with Gasteiger partial charge in [0.1, 0.15) is 0 Å². The normalized spacial score (nSPS) is 16.4. The highest BCUT2D eigenvalue weighted by molar-refractivity contribution is 9.10. The van der Waals surface area contributed by atoms with Crippen molar-refractivity contribution in [2.75, 3.05) is 23.3 Å². The molecule has 1 aromatic carbocycles. The van der Waals surface area contributed by atoms with E-state index in [9.17, 15) is 0 Å². The average molecular weight is 351 g/mol. The zero-order chi connectivity index (χ0) is 13.9. The zero-order valence-electron chi connectivity index (χ0n) is 11.6. The molecule has 106 valence electrons. The van der Waals surface area contributed by atoms with Gasteiger partial charge in [-0.15, -0.1) is 11.3 Å². The smallest absolute Gasteiger partial charge is 0.0578 e. The molecule has 1 fully saturated rings. The maximum atomic E-state index is 3.60. The van der Waals surface area contributed by atoms with E-state index < -0.39 is 0 Å². The maximum absolute atomic E-state index is 3.60. The van der Waals surface area contributed by atoms with Crippen LogP contribution in [0.3, 0.4) is 0 Å². The molecule has 0 radical (unpaired) electrons. The molecule has 1 aliphatic heterocycles. The first-order chi connectivity index (χ1) is 9.72. The summed E-state index contributed by atoms with van der Waals surface area (Å²) in [7, 11) is 0. The third kappa shape index (κ3) is 3.18. The van der Waals surface area contributed by atoms with Crippen LogP contribution in [-0.2, 0) is 0 Å². The summed E-state index contributed by atoms with van der Waals surface area (Å²) < 4.78 is 1.16. The van der Waals surface area contributed by atoms with Crippen LogP contribution in [0.15, 0.2) is 40.2 Å². The molecule has 4 heteroatoms. The summed E-state index contributed by atoms with van der Waals surface area (Å²) >= 11 is 5.30. The Labute approximate surface area is 132 Å². The molecule has 20 heavy (non-hydrogen) atoms. The Bertz CT molecular complexity index is 575. The number of halogens is 1. The standard InChI is InChI=1S/C16H19BrN2S/c1-12(16-9-13(17)11-20-16)18-14-5-4-6-15(10-14)19-7-2-3-8-19/h4-6,9-12,18H,2-3,7-8H2,1H3. The molecule has 2 aromatic rings. The van der Waals surface area contributed by atoms with E-state index in [0.717, 1.165) is 4.47 Å². The summed E-state index contributed by atoms with van der Waals surface area (Å²) in [6.07, 6.45) is 2.63. The van der Waals surface area contributed by atoms with Gasteiger partial charge in [-0.1, -0.05) is 6.07 Å². The molecule has 0 amide bonds. The molecule has 0 spiro atoms. The number of nitrogens with one attached hydrogen (secondary N) is 1. The summed E-state index contributed by atoms with van der Waals surface area (Å²) in [5, 5.41) is 5.73. The van der Waals surface area contributed by atoms with Crippen molar-refractivity contribution in [3.05, 3.63) is 45.1 Å². The first-order valence-electron chi connectivity index (χ1n) is 7.08. The minimum absolute atomic E-state index is 0.333. The molecule has 3 rings (SSSR count). The first kappa shape index (κ1) is 14.0. The lowest BCUT2D eigenvalue weighted by atomic mass is 10.2. The summed E-state index contributed by atoms with van der Waals surface area (Å²) in [4.78, 5) is 3.82. The monoisotopic (exact) mass is 350 g/mol. The van der Waals surface area contributed by atoms with E-state index in [1.54, 1.807) is 11.3 Å². The Balaban J connectivity index is 1.72. The molecule has 1 saturated heterocycles. The molecule has 1 aromatic heterocycles. The van der Waals surface area contributed by atoms with Gasteiger partial charge in [-0.25, -0.2) is 0 Å². The zero-order valence-corrected chi connectivity index (χ0v) is 14.0. The van der Waals surface area contributed by atoms with Crippen molar-refractivity contribution in [1.82, 2.24) is 0 Å². The van der Waals surface area contributed by atoms with Gasteiger partial charge in [-0.2, -0.15) is 0 Å². The second kappa shape index (κ2) is 6.19. The van der Waals surface area contributed by atoms with E-state index in [1.165, 1.54) is 42.2 Å². The fourth-order valence-electron chi connectivity index (χ4n) is 2.64. The van der Waals surface area contributed by atoms with E-state index in [0.29, 0.717) is 6.04 Å². The summed E-state index contributed by atoms with van der Waals surface area (Å²) in [5.74, 6) is 0. The van der Waals surface area contributed by atoms with Crippen molar-refractivity contribution in [1.29, 1.82) is 0 Å². The van der Waals surface area contributed by atoms with Gasteiger partial charge in [0.25, 0.3) is 0 Å². The van der Waals surface area contributed by atoms with Gasteiger partial charge in [0.15, 0.2) is 0 Å². The molecule has 0 bridgehead atoms. The lowest BCUT2D eigenvalue weighted by molar-refractivity contribution is 0.905. The number of hydrogen-bond acceptors (Lipinski definition) is 3. The molecular formula is C16H19BrN2S. The molecule has 1 N–H and O–H groups in total. The largest absolute Gasteiger partial charge is 0.378 e. The van der Waals surface area contributed by atoms with Crippen LogP contribution in [0.5, 0.6) is 0 Å². The number of anilines is 2. The Morgan fingerprint density at radius 2 is 2.05 bits per heavy atom. The summed E-state index contributed by atoms with van der Waals surface area (Å²) in [6.45, 7) is 4.59. The predicted octanol–water partition coefficient (Wildman–Crippen LogP) is 5.28. The highest BCUT2D eigenvalue weighted by atomic mass is 79.9. The number of thiophene rings is 1. The van der Waals surface area contributed by atoms with Gasteiger partial charge in [-0.05, 0) is 60.0 Å². The van der Waals surface area contributed by atoms with Crippen LogP contribution in [0, 0.1) is 0 Å². The van der Waals surface area contributed by atoms with Crippen molar-refractivity contribution in [3.8, 4) is 0 Å². The fraction of sp³-hybridized carbons (Fsp3) is 0.375. The van der Waals surface area contributed by atoms with Crippen molar-refractivity contribution >= 4 is 38.6 Å². The minimum Gasteiger partial charge on any atom is -0.378 e. The second-order valence-electron chi connectivity index (χ2n) is 5.28. The van der Waals surface area contributed by atoms with Gasteiger partial charge in [0.2, 0.25) is 0 Å². The summed E-state index contributed by atoms with van der Waals surface area (Å²) in [6, 6.07) is 11.3. The van der Waals surface area contributed by atoms with Crippen LogP contribution >= 0.6 is 27.3 Å². The maximum Gasteiger partial charge on any atom is 0.0578 e. The van der Waals surface area contributed by atoms with Crippen molar-refractivity contribution in [2.24, 2.45) is 0 Å². The molecule has 2 nitrogen and oxygen atoms in total. The van der Waals surface area contributed by atoms with Gasteiger partial charge in [0.05, 0.1) is 6.04 Å². The number of benzene rings is 1. The lowest BCUT2D eigenvalue weighted by Gasteiger charge is -2.20. The lowest BCUT2D eigenvalue weighted by Crippen LogP contribution is -2.17. The van der Waals surface area contributed by atoms with Crippen LogP contribution in [0.1, 0.15) is 30.7 Å². The second-order valence-corrected chi connectivity index (χ2v) is 7.14. The third-order valence-electron chi connectivity index (χ3n) is 3.72. The fourth-order valence-corrected chi connectivity index (χ4v) is 4.10. The molecule has 1 atom stereocenters. The van der Waals surface area contributed by atoms with E-state index in [-0.39, 0.29) is 0 Å². The Hall–Kier alpha value is -1.000. The van der Waals surface area contributed by atoms with E-state index >= 15 is 0 Å². The van der Waals surface area contributed by atoms with E-state index in [1.807, 2.05) is 0 Å². The molecule has 0 saturated carbocycles. The molecule has 2 heterocycles. The Morgan fingerprint density at radius 1 is 1.25 bits per heavy atom. The quantitative estimate of drug-likeness (QED) is 0.806. The van der Waals surface area contributed by atoms with Crippen LogP contribution in [0.2, 0.25) is 0 Å². The highest BCUT2D eigenvalue weighted by Gasteiger charge is 2.13.